The Bertz CT molecular complexity index is 543. The van der Waals surface area contributed by atoms with Gasteiger partial charge in [-0.05, 0) is 46.0 Å². The molecule has 0 aromatic heterocycles. The fourth-order valence-corrected chi connectivity index (χ4v) is 3.27. The Hall–Kier alpha value is -0.935. The summed E-state index contributed by atoms with van der Waals surface area (Å²) in [6.07, 6.45) is 0.779. The van der Waals surface area contributed by atoms with Gasteiger partial charge in [-0.1, -0.05) is 30.3 Å². The van der Waals surface area contributed by atoms with Crippen LogP contribution in [0, 0.1) is 0 Å². The average molecular weight is 308 g/mol. The highest BCUT2D eigenvalue weighted by atomic mass is 19.3. The molecule has 1 aromatic rings. The van der Waals surface area contributed by atoms with Crippen LogP contribution in [0.15, 0.2) is 30.3 Å². The predicted octanol–water partition coefficient (Wildman–Crippen LogP) is 4.45. The van der Waals surface area contributed by atoms with E-state index in [2.05, 4.69) is 0 Å². The smallest absolute Gasteiger partial charge is 0.403 e. The second-order valence-electron chi connectivity index (χ2n) is 7.55. The third kappa shape index (κ3) is 2.39. The molecular formula is C17H23BF2O2. The lowest BCUT2D eigenvalue weighted by Crippen LogP contribution is -2.41. The highest BCUT2D eigenvalue weighted by Gasteiger charge is 2.71. The zero-order valence-corrected chi connectivity index (χ0v) is 13.7. The number of benzene rings is 1. The number of halogens is 2. The minimum atomic E-state index is -2.63. The van der Waals surface area contributed by atoms with Crippen molar-refractivity contribution in [2.24, 2.45) is 0 Å². The van der Waals surface area contributed by atoms with E-state index in [-0.39, 0.29) is 6.42 Å². The summed E-state index contributed by atoms with van der Waals surface area (Å²) < 4.78 is 39.9. The van der Waals surface area contributed by atoms with Crippen LogP contribution in [0.25, 0.3) is 0 Å². The quantitative estimate of drug-likeness (QED) is 0.765. The third-order valence-electron chi connectivity index (χ3n) is 5.53. The molecule has 1 heterocycles. The summed E-state index contributed by atoms with van der Waals surface area (Å²) in [5, 5.41) is 0. The van der Waals surface area contributed by atoms with E-state index >= 15 is 0 Å². The Morgan fingerprint density at radius 1 is 1.00 bits per heavy atom. The van der Waals surface area contributed by atoms with Gasteiger partial charge in [0.2, 0.25) is 0 Å². The molecular weight excluding hydrogens is 285 g/mol. The van der Waals surface area contributed by atoms with Crippen molar-refractivity contribution < 1.29 is 18.1 Å². The zero-order chi connectivity index (χ0) is 16.2. The van der Waals surface area contributed by atoms with Gasteiger partial charge in [-0.25, -0.2) is 8.78 Å². The van der Waals surface area contributed by atoms with Gasteiger partial charge in [0.25, 0.3) is 5.92 Å². The van der Waals surface area contributed by atoms with E-state index in [0.717, 1.165) is 5.56 Å². The lowest BCUT2D eigenvalue weighted by atomic mass is 9.76. The molecule has 2 fully saturated rings. The van der Waals surface area contributed by atoms with Crippen molar-refractivity contribution in [3.8, 4) is 0 Å². The van der Waals surface area contributed by atoms with Gasteiger partial charge < -0.3 is 9.31 Å². The molecule has 1 saturated carbocycles. The molecule has 120 valence electrons. The maximum atomic E-state index is 14.0. The molecule has 1 aliphatic carbocycles. The molecule has 0 spiro atoms. The van der Waals surface area contributed by atoms with Crippen molar-refractivity contribution in [3.63, 3.8) is 0 Å². The molecule has 2 aliphatic rings. The van der Waals surface area contributed by atoms with E-state index in [1.807, 2.05) is 45.9 Å². The third-order valence-corrected chi connectivity index (χ3v) is 5.53. The van der Waals surface area contributed by atoms with E-state index < -0.39 is 29.7 Å². The number of hydrogen-bond acceptors (Lipinski definition) is 2. The fourth-order valence-electron chi connectivity index (χ4n) is 3.27. The van der Waals surface area contributed by atoms with Crippen LogP contribution < -0.4 is 0 Å². The first-order valence-corrected chi connectivity index (χ1v) is 7.89. The van der Waals surface area contributed by atoms with Crippen LogP contribution in [0.4, 0.5) is 8.78 Å². The summed E-state index contributed by atoms with van der Waals surface area (Å²) in [5.41, 5.74) is -1.15. The highest BCUT2D eigenvalue weighted by Crippen LogP contribution is 2.64. The minimum Gasteiger partial charge on any atom is -0.403 e. The Morgan fingerprint density at radius 3 is 1.95 bits per heavy atom. The van der Waals surface area contributed by atoms with E-state index in [0.29, 0.717) is 12.7 Å². The van der Waals surface area contributed by atoms with E-state index in [9.17, 15) is 8.78 Å². The fraction of sp³-hybridized carbons (Fsp3) is 0.647. The second kappa shape index (κ2) is 4.78. The van der Waals surface area contributed by atoms with Crippen LogP contribution in [-0.2, 0) is 14.7 Å². The van der Waals surface area contributed by atoms with Crippen molar-refractivity contribution in [1.82, 2.24) is 0 Å². The van der Waals surface area contributed by atoms with E-state index in [1.165, 1.54) is 0 Å². The summed E-state index contributed by atoms with van der Waals surface area (Å²) in [4.78, 5) is 0. The molecule has 1 atom stereocenters. The van der Waals surface area contributed by atoms with Crippen molar-refractivity contribution in [2.45, 2.75) is 69.4 Å². The summed E-state index contributed by atoms with van der Waals surface area (Å²) in [6.45, 7) is 7.91. The van der Waals surface area contributed by atoms with Crippen LogP contribution in [0.3, 0.4) is 0 Å². The van der Waals surface area contributed by atoms with Gasteiger partial charge in [-0.15, -0.1) is 0 Å². The lowest BCUT2D eigenvalue weighted by molar-refractivity contribution is 0.00578. The summed E-state index contributed by atoms with van der Waals surface area (Å²) in [6, 6.07) is 9.09. The first kappa shape index (κ1) is 15.9. The van der Waals surface area contributed by atoms with Crippen LogP contribution in [0.1, 0.15) is 46.1 Å². The molecule has 5 heteroatoms. The standard InChI is InChI=1S/C17H23BF2O2/c1-14(2)15(3,4)22-18(21-14)11-10-16(12-17(16,19)20)13-8-6-5-7-9-13/h5-9H,10-12H2,1-4H3. The van der Waals surface area contributed by atoms with E-state index in [1.54, 1.807) is 12.1 Å². The molecule has 0 radical (unpaired) electrons. The molecule has 1 unspecified atom stereocenters. The van der Waals surface area contributed by atoms with Crippen LogP contribution >= 0.6 is 0 Å². The van der Waals surface area contributed by atoms with Crippen LogP contribution in [0.5, 0.6) is 0 Å². The van der Waals surface area contributed by atoms with Crippen molar-refractivity contribution in [3.05, 3.63) is 35.9 Å². The molecule has 1 aromatic carbocycles. The van der Waals surface area contributed by atoms with Gasteiger partial charge in [0.1, 0.15) is 0 Å². The summed E-state index contributed by atoms with van der Waals surface area (Å²) in [5.74, 6) is -2.63. The first-order valence-electron chi connectivity index (χ1n) is 7.89. The molecule has 0 bridgehead atoms. The number of alkyl halides is 2. The molecule has 22 heavy (non-hydrogen) atoms. The summed E-state index contributed by atoms with van der Waals surface area (Å²) in [7, 11) is -0.415. The van der Waals surface area contributed by atoms with Gasteiger partial charge in [0, 0.05) is 6.42 Å². The second-order valence-corrected chi connectivity index (χ2v) is 7.55. The Kier molecular flexibility index (Phi) is 3.46. The maximum Gasteiger partial charge on any atom is 0.457 e. The highest BCUT2D eigenvalue weighted by molar-refractivity contribution is 6.45. The minimum absolute atomic E-state index is 0.0798. The zero-order valence-electron chi connectivity index (χ0n) is 13.7. The van der Waals surface area contributed by atoms with Crippen molar-refractivity contribution in [2.75, 3.05) is 0 Å². The Morgan fingerprint density at radius 2 is 1.50 bits per heavy atom. The predicted molar refractivity (Wildman–Crippen MR) is 83.2 cm³/mol. The number of rotatable bonds is 4. The Labute approximate surface area is 131 Å². The van der Waals surface area contributed by atoms with Crippen LogP contribution in [0.2, 0.25) is 6.32 Å². The molecule has 1 saturated heterocycles. The molecule has 0 amide bonds. The van der Waals surface area contributed by atoms with Gasteiger partial charge >= 0.3 is 7.12 Å². The number of hydrogen-bond donors (Lipinski definition) is 0. The molecule has 2 nitrogen and oxygen atoms in total. The van der Waals surface area contributed by atoms with Gasteiger partial charge in [0.15, 0.2) is 0 Å². The largest absolute Gasteiger partial charge is 0.457 e. The topological polar surface area (TPSA) is 18.5 Å². The normalized spacial score (nSPS) is 31.3. The van der Waals surface area contributed by atoms with Crippen molar-refractivity contribution >= 4 is 7.12 Å². The van der Waals surface area contributed by atoms with Gasteiger partial charge in [0.05, 0.1) is 16.6 Å². The Balaban J connectivity index is 1.71. The summed E-state index contributed by atoms with van der Waals surface area (Å²) >= 11 is 0. The SMILES string of the molecule is CC1(C)OB(CCC2(c3ccccc3)CC2(F)F)OC1(C)C. The molecule has 1 aliphatic heterocycles. The van der Waals surface area contributed by atoms with Gasteiger partial charge in [-0.3, -0.25) is 0 Å². The van der Waals surface area contributed by atoms with Crippen LogP contribution in [-0.4, -0.2) is 24.2 Å². The maximum absolute atomic E-state index is 14.0. The monoisotopic (exact) mass is 308 g/mol. The van der Waals surface area contributed by atoms with Gasteiger partial charge in [-0.2, -0.15) is 0 Å². The molecule has 3 rings (SSSR count). The van der Waals surface area contributed by atoms with Crippen molar-refractivity contribution in [1.29, 1.82) is 0 Å². The lowest BCUT2D eigenvalue weighted by Gasteiger charge is -2.32. The molecule has 0 N–H and O–H groups in total. The van der Waals surface area contributed by atoms with E-state index in [4.69, 9.17) is 9.31 Å². The average Bonchev–Trinajstić information content (AvgIpc) is 2.91. The first-order chi connectivity index (χ1) is 10.1.